The minimum Gasteiger partial charge on any atom is 1.00 e. The molecule has 0 radical (unpaired) electrons. The summed E-state index contributed by atoms with van der Waals surface area (Å²) in [6.07, 6.45) is -0.250. The fourth-order valence-electron chi connectivity index (χ4n) is 1.64. The van der Waals surface area contributed by atoms with Gasteiger partial charge in [0, 0.05) is 0 Å². The Hall–Kier alpha value is -0.00312. The van der Waals surface area contributed by atoms with Crippen molar-refractivity contribution in [2.24, 2.45) is 0 Å². The normalized spacial score (nSPS) is 10.8. The summed E-state index contributed by atoms with van der Waals surface area (Å²) in [7, 11) is 0. The van der Waals surface area contributed by atoms with E-state index in [-0.39, 0.29) is 25.2 Å². The van der Waals surface area contributed by atoms with Crippen LogP contribution in [-0.4, -0.2) is 27.7 Å². The maximum atomic E-state index is 5.61. The number of hydrogen-bond donors (Lipinski definition) is 0. The van der Waals surface area contributed by atoms with Crippen molar-refractivity contribution in [2.75, 3.05) is 13.2 Å². The molecule has 0 aliphatic rings. The second kappa shape index (κ2) is 7.44. The van der Waals surface area contributed by atoms with E-state index >= 15 is 0 Å². The molecule has 17 heavy (non-hydrogen) atoms. The first-order chi connectivity index (χ1) is 7.86. The van der Waals surface area contributed by atoms with E-state index in [1.807, 2.05) is 13.8 Å². The van der Waals surface area contributed by atoms with E-state index in [4.69, 9.17) is 9.47 Å². The van der Waals surface area contributed by atoms with Gasteiger partial charge >= 0.3 is 121 Å². The molecule has 0 aliphatic carbocycles. The van der Waals surface area contributed by atoms with Crippen LogP contribution in [-0.2, 0) is 9.47 Å². The maximum absolute atomic E-state index is 5.61. The van der Waals surface area contributed by atoms with Crippen LogP contribution < -0.4 is 18.9 Å². The van der Waals surface area contributed by atoms with Crippen molar-refractivity contribution in [2.45, 2.75) is 20.1 Å². The van der Waals surface area contributed by atoms with Crippen molar-refractivity contribution >= 4 is 24.1 Å². The van der Waals surface area contributed by atoms with E-state index in [1.165, 1.54) is 9.65 Å². The molecule has 0 fully saturated rings. The van der Waals surface area contributed by atoms with Gasteiger partial charge in [0.25, 0.3) is 0 Å². The SMILES string of the molecule is CCOC(OCC)c1[c-][se]c2ccccc12.[Li+]. The van der Waals surface area contributed by atoms with Gasteiger partial charge in [-0.3, -0.25) is 0 Å². The summed E-state index contributed by atoms with van der Waals surface area (Å²) in [6.45, 7) is 5.28. The van der Waals surface area contributed by atoms with E-state index < -0.39 is 0 Å². The summed E-state index contributed by atoms with van der Waals surface area (Å²) in [5.41, 5.74) is 1.08. The van der Waals surface area contributed by atoms with Crippen LogP contribution in [0, 0.1) is 4.94 Å². The predicted octanol–water partition coefficient (Wildman–Crippen LogP) is -0.227. The molecule has 0 amide bonds. The molecule has 0 N–H and O–H groups in total. The average molecular weight is 289 g/mol. The van der Waals surface area contributed by atoms with Crippen molar-refractivity contribution in [3.05, 3.63) is 34.8 Å². The van der Waals surface area contributed by atoms with Crippen LogP contribution >= 0.6 is 0 Å². The van der Waals surface area contributed by atoms with Gasteiger partial charge in [-0.05, 0) is 0 Å². The van der Waals surface area contributed by atoms with E-state index in [9.17, 15) is 0 Å². The molecule has 0 saturated heterocycles. The molecule has 2 rings (SSSR count). The Morgan fingerprint density at radius 3 is 2.47 bits per heavy atom. The van der Waals surface area contributed by atoms with Gasteiger partial charge in [-0.15, -0.1) is 0 Å². The molecular formula is C13H15LiO2Se. The molecule has 0 spiro atoms. The summed E-state index contributed by atoms with van der Waals surface area (Å²) in [5, 5.41) is 1.24. The zero-order valence-corrected chi connectivity index (χ0v) is 12.2. The third-order valence-corrected chi connectivity index (χ3v) is 4.20. The van der Waals surface area contributed by atoms with Gasteiger partial charge in [-0.1, -0.05) is 0 Å². The summed E-state index contributed by atoms with van der Waals surface area (Å²) >= 11 is 0.304. The van der Waals surface area contributed by atoms with Gasteiger partial charge in [-0.2, -0.15) is 0 Å². The van der Waals surface area contributed by atoms with Crippen molar-refractivity contribution in [1.82, 2.24) is 0 Å². The predicted molar refractivity (Wildman–Crippen MR) is 65.7 cm³/mol. The smallest absolute Gasteiger partial charge is 1.00 e. The van der Waals surface area contributed by atoms with Gasteiger partial charge in [0.2, 0.25) is 0 Å². The van der Waals surface area contributed by atoms with Crippen LogP contribution in [0.3, 0.4) is 0 Å². The van der Waals surface area contributed by atoms with E-state index in [2.05, 4.69) is 29.2 Å². The monoisotopic (exact) mass is 290 g/mol. The Balaban J connectivity index is 0.00000144. The molecule has 1 heterocycles. The molecule has 0 atom stereocenters. The van der Waals surface area contributed by atoms with E-state index in [0.29, 0.717) is 27.7 Å². The van der Waals surface area contributed by atoms with Crippen LogP contribution in [0.2, 0.25) is 0 Å². The molecule has 0 saturated carbocycles. The van der Waals surface area contributed by atoms with Crippen LogP contribution in [0.1, 0.15) is 25.7 Å². The Morgan fingerprint density at radius 1 is 1.18 bits per heavy atom. The molecule has 86 valence electrons. The third-order valence-electron chi connectivity index (χ3n) is 2.32. The van der Waals surface area contributed by atoms with Crippen molar-refractivity contribution < 1.29 is 28.3 Å². The van der Waals surface area contributed by atoms with Crippen LogP contribution in [0.15, 0.2) is 24.3 Å². The number of rotatable bonds is 5. The fourth-order valence-corrected chi connectivity index (χ4v) is 3.44. The zero-order chi connectivity index (χ0) is 11.4. The summed E-state index contributed by atoms with van der Waals surface area (Å²) in [4.78, 5) is 3.42. The summed E-state index contributed by atoms with van der Waals surface area (Å²) < 4.78 is 12.6. The van der Waals surface area contributed by atoms with Crippen molar-refractivity contribution in [3.63, 3.8) is 0 Å². The number of hydrogen-bond acceptors (Lipinski definition) is 2. The Morgan fingerprint density at radius 2 is 1.82 bits per heavy atom. The van der Waals surface area contributed by atoms with Crippen LogP contribution in [0.4, 0.5) is 0 Å². The van der Waals surface area contributed by atoms with Gasteiger partial charge in [-0.25, -0.2) is 0 Å². The molecule has 0 bridgehead atoms. The topological polar surface area (TPSA) is 18.5 Å². The number of benzene rings is 1. The van der Waals surface area contributed by atoms with Gasteiger partial charge < -0.3 is 0 Å². The number of fused-ring (bicyclic) bond motifs is 1. The Kier molecular flexibility index (Phi) is 6.59. The van der Waals surface area contributed by atoms with E-state index in [1.54, 1.807) is 0 Å². The molecular weight excluding hydrogens is 274 g/mol. The third kappa shape index (κ3) is 3.48. The largest absolute Gasteiger partial charge is 1.00 e. The molecule has 0 unspecified atom stereocenters. The fraction of sp³-hybridized carbons (Fsp3) is 0.385. The molecule has 1 aromatic heterocycles. The second-order valence-corrected chi connectivity index (χ2v) is 5.14. The van der Waals surface area contributed by atoms with Crippen LogP contribution in [0.5, 0.6) is 0 Å². The van der Waals surface area contributed by atoms with Crippen molar-refractivity contribution in [3.8, 4) is 0 Å². The maximum Gasteiger partial charge on any atom is 1.00 e. The molecule has 2 aromatic rings. The quantitative estimate of drug-likeness (QED) is 0.430. The summed E-state index contributed by atoms with van der Waals surface area (Å²) in [6, 6.07) is 8.40. The standard InChI is InChI=1S/C13H15O2Se.Li/c1-3-14-13(15-4-2)11-9-16-12-8-6-5-7-10(11)12;/h5-8,13H,3-4H2,1-2H3;/q-1;+1. The zero-order valence-electron chi connectivity index (χ0n) is 10.5. The van der Waals surface area contributed by atoms with Gasteiger partial charge in [0.15, 0.2) is 0 Å². The van der Waals surface area contributed by atoms with Crippen LogP contribution in [0.25, 0.3) is 9.65 Å². The Labute approximate surface area is 120 Å². The first-order valence-corrected chi connectivity index (χ1v) is 7.20. The molecule has 0 aliphatic heterocycles. The average Bonchev–Trinajstić information content (AvgIpc) is 2.72. The second-order valence-electron chi connectivity index (χ2n) is 3.36. The minimum atomic E-state index is -0.250. The first kappa shape index (κ1) is 15.1. The molecule has 2 nitrogen and oxygen atoms in total. The van der Waals surface area contributed by atoms with Gasteiger partial charge in [0.1, 0.15) is 0 Å². The summed E-state index contributed by atoms with van der Waals surface area (Å²) in [5.74, 6) is 0. The Bertz CT molecular complexity index is 449. The molecule has 4 heteroatoms. The first-order valence-electron chi connectivity index (χ1n) is 5.49. The molecule has 1 aromatic carbocycles. The number of ether oxygens (including phenoxy) is 2. The van der Waals surface area contributed by atoms with Crippen molar-refractivity contribution in [1.29, 1.82) is 0 Å². The van der Waals surface area contributed by atoms with Gasteiger partial charge in [0.05, 0.1) is 0 Å². The minimum absolute atomic E-state index is 0. The van der Waals surface area contributed by atoms with E-state index in [0.717, 1.165) is 5.56 Å².